The zero-order chi connectivity index (χ0) is 16.5. The fraction of sp³-hybridized carbons (Fsp3) is 0.500. The molecule has 2 atom stereocenters. The molecule has 6 heteroatoms. The fourth-order valence-electron chi connectivity index (χ4n) is 3.62. The zero-order valence-electron chi connectivity index (χ0n) is 13.8. The highest BCUT2D eigenvalue weighted by Crippen LogP contribution is 2.27. The summed E-state index contributed by atoms with van der Waals surface area (Å²) >= 11 is 1.82. The van der Waals surface area contributed by atoms with Crippen LogP contribution >= 0.6 is 11.3 Å². The molecule has 4 rings (SSSR count). The molecule has 0 radical (unpaired) electrons. The van der Waals surface area contributed by atoms with Gasteiger partial charge >= 0.3 is 0 Å². The van der Waals surface area contributed by atoms with Gasteiger partial charge in [-0.15, -0.1) is 11.3 Å². The van der Waals surface area contributed by atoms with E-state index in [1.54, 1.807) is 18.4 Å². The molecule has 2 aliphatic rings. The highest BCUT2D eigenvalue weighted by atomic mass is 32.1. The van der Waals surface area contributed by atoms with Gasteiger partial charge in [0.25, 0.3) is 5.91 Å². The molecule has 2 aliphatic heterocycles. The van der Waals surface area contributed by atoms with Gasteiger partial charge in [-0.05, 0) is 36.1 Å². The van der Waals surface area contributed by atoms with Gasteiger partial charge in [0.1, 0.15) is 0 Å². The van der Waals surface area contributed by atoms with Crippen LogP contribution in [0.25, 0.3) is 0 Å². The lowest BCUT2D eigenvalue weighted by Gasteiger charge is -2.22. The number of likely N-dealkylation sites (tertiary alicyclic amines) is 1. The smallest absolute Gasteiger partial charge is 0.289 e. The monoisotopic (exact) mass is 346 g/mol. The fourth-order valence-corrected chi connectivity index (χ4v) is 4.57. The van der Waals surface area contributed by atoms with Gasteiger partial charge in [-0.3, -0.25) is 9.69 Å². The van der Waals surface area contributed by atoms with Crippen molar-refractivity contribution in [1.29, 1.82) is 0 Å². The highest BCUT2D eigenvalue weighted by Gasteiger charge is 2.38. The van der Waals surface area contributed by atoms with Crippen molar-refractivity contribution in [2.24, 2.45) is 5.92 Å². The maximum atomic E-state index is 12.5. The van der Waals surface area contributed by atoms with E-state index >= 15 is 0 Å². The predicted octanol–water partition coefficient (Wildman–Crippen LogP) is 2.62. The number of thiophene rings is 1. The van der Waals surface area contributed by atoms with Crippen LogP contribution in [0, 0.1) is 12.8 Å². The number of fused-ring (bicyclic) bond motifs is 1. The Balaban J connectivity index is 1.42. The van der Waals surface area contributed by atoms with Gasteiger partial charge in [-0.1, -0.05) is 0 Å². The Morgan fingerprint density at radius 3 is 3.00 bits per heavy atom. The summed E-state index contributed by atoms with van der Waals surface area (Å²) in [5.41, 5.74) is 1.36. The van der Waals surface area contributed by atoms with Crippen LogP contribution in [0.1, 0.15) is 21.0 Å². The van der Waals surface area contributed by atoms with E-state index in [2.05, 4.69) is 23.3 Å². The molecule has 4 heterocycles. The van der Waals surface area contributed by atoms with E-state index in [4.69, 9.17) is 9.15 Å². The third kappa shape index (κ3) is 3.14. The number of carbonyl (C=O) groups excluding carboxylic acids is 1. The van der Waals surface area contributed by atoms with Crippen LogP contribution in [0.5, 0.6) is 0 Å². The van der Waals surface area contributed by atoms with Crippen LogP contribution in [0.2, 0.25) is 0 Å². The number of hydrogen-bond acceptors (Lipinski definition) is 5. The molecule has 0 aliphatic carbocycles. The summed E-state index contributed by atoms with van der Waals surface area (Å²) in [6, 6.07) is 5.66. The second-order valence-corrected chi connectivity index (χ2v) is 7.62. The predicted molar refractivity (Wildman–Crippen MR) is 92.2 cm³/mol. The Labute approximate surface area is 145 Å². The quantitative estimate of drug-likeness (QED) is 0.857. The van der Waals surface area contributed by atoms with Crippen LogP contribution in [0.3, 0.4) is 0 Å². The number of rotatable bonds is 3. The van der Waals surface area contributed by atoms with E-state index < -0.39 is 0 Å². The van der Waals surface area contributed by atoms with Crippen molar-refractivity contribution in [3.05, 3.63) is 46.0 Å². The minimum atomic E-state index is -0.0307. The molecule has 2 aromatic heterocycles. The van der Waals surface area contributed by atoms with E-state index in [1.807, 2.05) is 16.2 Å². The highest BCUT2D eigenvalue weighted by molar-refractivity contribution is 7.10. The Hall–Kier alpha value is -1.63. The van der Waals surface area contributed by atoms with Gasteiger partial charge in [0.05, 0.1) is 19.0 Å². The lowest BCUT2D eigenvalue weighted by atomic mass is 10.1. The second kappa shape index (κ2) is 6.70. The van der Waals surface area contributed by atoms with Gasteiger partial charge in [0, 0.05) is 43.5 Å². The lowest BCUT2D eigenvalue weighted by Crippen LogP contribution is -2.37. The van der Waals surface area contributed by atoms with Crippen molar-refractivity contribution < 1.29 is 13.9 Å². The number of carbonyl (C=O) groups is 1. The first-order valence-corrected chi connectivity index (χ1v) is 9.28. The van der Waals surface area contributed by atoms with Crippen molar-refractivity contribution in [3.8, 4) is 0 Å². The molecule has 0 bridgehead atoms. The molecule has 2 saturated heterocycles. The summed E-state index contributed by atoms with van der Waals surface area (Å²) in [6.07, 6.45) is 1.77. The summed E-state index contributed by atoms with van der Waals surface area (Å²) in [5.74, 6) is 0.751. The summed E-state index contributed by atoms with van der Waals surface area (Å²) < 4.78 is 11.3. The van der Waals surface area contributed by atoms with Crippen LogP contribution in [-0.2, 0) is 11.3 Å². The van der Waals surface area contributed by atoms with Gasteiger partial charge in [0.2, 0.25) is 0 Å². The number of ether oxygens (including phenoxy) is 1. The maximum Gasteiger partial charge on any atom is 0.289 e. The average molecular weight is 346 g/mol. The van der Waals surface area contributed by atoms with Gasteiger partial charge in [-0.25, -0.2) is 0 Å². The molecule has 0 unspecified atom stereocenters. The minimum Gasteiger partial charge on any atom is -0.459 e. The number of amides is 1. The van der Waals surface area contributed by atoms with Crippen molar-refractivity contribution in [2.45, 2.75) is 19.6 Å². The number of nitrogens with zero attached hydrogens (tertiary/aromatic N) is 2. The molecule has 5 nitrogen and oxygen atoms in total. The van der Waals surface area contributed by atoms with Crippen LogP contribution in [0.4, 0.5) is 0 Å². The van der Waals surface area contributed by atoms with E-state index in [-0.39, 0.29) is 12.0 Å². The van der Waals surface area contributed by atoms with Crippen LogP contribution in [0.15, 0.2) is 34.3 Å². The number of aryl methyl sites for hydroxylation is 1. The molecule has 2 fully saturated rings. The molecule has 0 aromatic carbocycles. The van der Waals surface area contributed by atoms with Crippen molar-refractivity contribution in [1.82, 2.24) is 9.80 Å². The second-order valence-electron chi connectivity index (χ2n) is 6.62. The van der Waals surface area contributed by atoms with E-state index in [9.17, 15) is 4.79 Å². The number of hydrogen-bond donors (Lipinski definition) is 0. The molecule has 2 aromatic rings. The lowest BCUT2D eigenvalue weighted by molar-refractivity contribution is 0.0499. The molecule has 1 amide bonds. The van der Waals surface area contributed by atoms with Crippen molar-refractivity contribution in [2.75, 3.05) is 32.8 Å². The van der Waals surface area contributed by atoms with Crippen molar-refractivity contribution >= 4 is 17.2 Å². The van der Waals surface area contributed by atoms with E-state index in [1.165, 1.54) is 10.4 Å². The average Bonchev–Trinajstić information content (AvgIpc) is 3.28. The van der Waals surface area contributed by atoms with Gasteiger partial charge in [0.15, 0.2) is 5.76 Å². The summed E-state index contributed by atoms with van der Waals surface area (Å²) in [5, 5.41) is 2.15. The molecule has 0 saturated carbocycles. The molecule has 24 heavy (non-hydrogen) atoms. The molecular weight excluding hydrogens is 324 g/mol. The van der Waals surface area contributed by atoms with E-state index in [0.29, 0.717) is 24.8 Å². The van der Waals surface area contributed by atoms with Crippen molar-refractivity contribution in [3.63, 3.8) is 0 Å². The Morgan fingerprint density at radius 1 is 1.33 bits per heavy atom. The standard InChI is InChI=1S/C18H22N2O3S/c1-13-4-8-24-17(13)12-19-9-14-10-20(5-7-23-16(14)11-19)18(21)15-3-2-6-22-15/h2-4,6,8,14,16H,5,7,9-12H2,1H3/t14-,16-/m1/s1. The molecular formula is C18H22N2O3S. The SMILES string of the molecule is Cc1ccsc1CN1C[C@@H]2CN(C(=O)c3ccco3)CCO[C@@H]2C1. The third-order valence-corrected chi connectivity index (χ3v) is 5.97. The van der Waals surface area contributed by atoms with Crippen LogP contribution < -0.4 is 0 Å². The van der Waals surface area contributed by atoms with Crippen LogP contribution in [-0.4, -0.2) is 54.6 Å². The van der Waals surface area contributed by atoms with Gasteiger partial charge < -0.3 is 14.1 Å². The summed E-state index contributed by atoms with van der Waals surface area (Å²) in [7, 11) is 0. The normalized spacial score (nSPS) is 24.8. The van der Waals surface area contributed by atoms with E-state index in [0.717, 1.165) is 26.2 Å². The third-order valence-electron chi connectivity index (χ3n) is 4.96. The Bertz CT molecular complexity index is 697. The largest absolute Gasteiger partial charge is 0.459 e. The Morgan fingerprint density at radius 2 is 2.25 bits per heavy atom. The first-order valence-electron chi connectivity index (χ1n) is 8.40. The maximum absolute atomic E-state index is 12.5. The zero-order valence-corrected chi connectivity index (χ0v) is 14.6. The summed E-state index contributed by atoms with van der Waals surface area (Å²) in [4.78, 5) is 18.3. The Kier molecular flexibility index (Phi) is 4.43. The summed E-state index contributed by atoms with van der Waals surface area (Å²) in [6.45, 7) is 7.04. The molecule has 128 valence electrons. The topological polar surface area (TPSA) is 45.9 Å². The molecule has 0 N–H and O–H groups in total. The first-order chi connectivity index (χ1) is 11.7. The first kappa shape index (κ1) is 15.9. The molecule has 0 spiro atoms. The minimum absolute atomic E-state index is 0.0307. The number of furan rings is 1. The van der Waals surface area contributed by atoms with Gasteiger partial charge in [-0.2, -0.15) is 0 Å².